The Kier molecular flexibility index (Phi) is 4.28. The lowest BCUT2D eigenvalue weighted by Gasteiger charge is -2.37. The van der Waals surface area contributed by atoms with Crippen molar-refractivity contribution in [3.05, 3.63) is 0 Å². The molecule has 2 aliphatic heterocycles. The lowest BCUT2D eigenvalue weighted by molar-refractivity contribution is -0.133. The van der Waals surface area contributed by atoms with Gasteiger partial charge >= 0.3 is 0 Å². The van der Waals surface area contributed by atoms with E-state index in [-0.39, 0.29) is 35.7 Å². The fourth-order valence-electron chi connectivity index (χ4n) is 4.17. The van der Waals surface area contributed by atoms with Crippen LogP contribution in [-0.4, -0.2) is 49.0 Å². The van der Waals surface area contributed by atoms with Crippen molar-refractivity contribution in [2.75, 3.05) is 11.5 Å². The Morgan fingerprint density at radius 1 is 1.14 bits per heavy atom. The minimum Gasteiger partial charge on any atom is -0.322 e. The summed E-state index contributed by atoms with van der Waals surface area (Å²) in [5, 5.41) is 3.53. The Bertz CT molecular complexity index is 485. The maximum absolute atomic E-state index is 12.7. The van der Waals surface area contributed by atoms with Crippen LogP contribution < -0.4 is 5.32 Å². The Hall–Kier alpha value is -0.620. The molecule has 2 heterocycles. The molecule has 1 saturated carbocycles. The molecule has 5 nitrogen and oxygen atoms in total. The number of hydrogen-bond donors (Lipinski definition) is 1. The van der Waals surface area contributed by atoms with Crippen LogP contribution in [0.1, 0.15) is 51.9 Å². The molecule has 0 radical (unpaired) electrons. The Morgan fingerprint density at radius 3 is 2.33 bits per heavy atom. The number of amides is 1. The van der Waals surface area contributed by atoms with Crippen LogP contribution in [-0.2, 0) is 14.6 Å². The second-order valence-corrected chi connectivity index (χ2v) is 9.05. The lowest BCUT2D eigenvalue weighted by atomic mass is 10.0. The molecule has 21 heavy (non-hydrogen) atoms. The minimum absolute atomic E-state index is 0.0749. The smallest absolute Gasteiger partial charge is 0.241 e. The first kappa shape index (κ1) is 15.3. The summed E-state index contributed by atoms with van der Waals surface area (Å²) in [6.45, 7) is 2.04. The van der Waals surface area contributed by atoms with E-state index >= 15 is 0 Å². The van der Waals surface area contributed by atoms with Gasteiger partial charge in [0, 0.05) is 6.04 Å². The average molecular weight is 314 g/mol. The van der Waals surface area contributed by atoms with E-state index in [4.69, 9.17) is 0 Å². The molecule has 3 rings (SSSR count). The number of sulfone groups is 1. The fourth-order valence-corrected chi connectivity index (χ4v) is 5.63. The number of rotatable bonds is 3. The van der Waals surface area contributed by atoms with E-state index in [0.29, 0.717) is 18.8 Å². The molecule has 120 valence electrons. The molecule has 6 heteroatoms. The SMILES string of the molecule is CCC1NC(C2CCCC2)N(C2CCS(=O)(=O)CC2)C1=O. The summed E-state index contributed by atoms with van der Waals surface area (Å²) >= 11 is 0. The van der Waals surface area contributed by atoms with Crippen LogP contribution in [0.2, 0.25) is 0 Å². The van der Waals surface area contributed by atoms with Crippen molar-refractivity contribution in [3.63, 3.8) is 0 Å². The van der Waals surface area contributed by atoms with E-state index in [1.807, 2.05) is 11.8 Å². The second-order valence-electron chi connectivity index (χ2n) is 6.75. The van der Waals surface area contributed by atoms with Crippen molar-refractivity contribution in [2.45, 2.75) is 70.1 Å². The van der Waals surface area contributed by atoms with E-state index in [1.54, 1.807) is 0 Å². The Balaban J connectivity index is 1.77. The van der Waals surface area contributed by atoms with E-state index in [0.717, 1.165) is 6.42 Å². The van der Waals surface area contributed by atoms with Crippen LogP contribution in [0.3, 0.4) is 0 Å². The van der Waals surface area contributed by atoms with Crippen LogP contribution in [0, 0.1) is 5.92 Å². The number of hydrogen-bond acceptors (Lipinski definition) is 4. The van der Waals surface area contributed by atoms with Gasteiger partial charge in [-0.15, -0.1) is 0 Å². The number of carbonyl (C=O) groups is 1. The van der Waals surface area contributed by atoms with Gasteiger partial charge in [-0.25, -0.2) is 8.42 Å². The van der Waals surface area contributed by atoms with Gasteiger partial charge < -0.3 is 4.90 Å². The van der Waals surface area contributed by atoms with Gasteiger partial charge in [-0.1, -0.05) is 19.8 Å². The molecule has 2 saturated heterocycles. The maximum Gasteiger partial charge on any atom is 0.241 e. The summed E-state index contributed by atoms with van der Waals surface area (Å²) in [6, 6.07) is 0.0322. The monoisotopic (exact) mass is 314 g/mol. The van der Waals surface area contributed by atoms with Crippen LogP contribution in [0.25, 0.3) is 0 Å². The molecule has 1 amide bonds. The molecule has 2 unspecified atom stereocenters. The second kappa shape index (κ2) is 5.88. The summed E-state index contributed by atoms with van der Waals surface area (Å²) in [5.74, 6) is 1.20. The zero-order valence-electron chi connectivity index (χ0n) is 12.8. The minimum atomic E-state index is -2.88. The lowest BCUT2D eigenvalue weighted by Crippen LogP contribution is -2.50. The standard InChI is InChI=1S/C15H26N2O3S/c1-2-13-15(18)17(12-7-9-21(19,20)10-8-12)14(16-13)11-5-3-4-6-11/h11-14,16H,2-10H2,1H3. The van der Waals surface area contributed by atoms with Crippen molar-refractivity contribution >= 4 is 15.7 Å². The largest absolute Gasteiger partial charge is 0.322 e. The molecule has 3 fully saturated rings. The third-order valence-corrected chi connectivity index (χ3v) is 7.11. The van der Waals surface area contributed by atoms with Crippen LogP contribution in [0.5, 0.6) is 0 Å². The van der Waals surface area contributed by atoms with E-state index < -0.39 is 9.84 Å². The highest BCUT2D eigenvalue weighted by Crippen LogP contribution is 2.35. The molecule has 3 aliphatic rings. The zero-order valence-corrected chi connectivity index (χ0v) is 13.6. The molecule has 0 aromatic heterocycles. The predicted molar refractivity (Wildman–Crippen MR) is 81.5 cm³/mol. The highest BCUT2D eigenvalue weighted by atomic mass is 32.2. The average Bonchev–Trinajstić information content (AvgIpc) is 3.07. The number of nitrogens with one attached hydrogen (secondary N) is 1. The quantitative estimate of drug-likeness (QED) is 0.852. The maximum atomic E-state index is 12.7. The van der Waals surface area contributed by atoms with E-state index in [9.17, 15) is 13.2 Å². The summed E-state index contributed by atoms with van der Waals surface area (Å²) in [4.78, 5) is 14.7. The summed E-state index contributed by atoms with van der Waals surface area (Å²) < 4.78 is 23.3. The fraction of sp³-hybridized carbons (Fsp3) is 0.933. The molecule has 1 aliphatic carbocycles. The highest BCUT2D eigenvalue weighted by molar-refractivity contribution is 7.91. The molecular formula is C15H26N2O3S. The predicted octanol–water partition coefficient (Wildman–Crippen LogP) is 1.29. The van der Waals surface area contributed by atoms with E-state index in [1.165, 1.54) is 25.7 Å². The summed E-state index contributed by atoms with van der Waals surface area (Å²) in [6.07, 6.45) is 7.03. The van der Waals surface area contributed by atoms with Crippen molar-refractivity contribution in [3.8, 4) is 0 Å². The first-order valence-electron chi connectivity index (χ1n) is 8.30. The van der Waals surface area contributed by atoms with Crippen molar-refractivity contribution in [1.29, 1.82) is 0 Å². The first-order valence-corrected chi connectivity index (χ1v) is 10.1. The third-order valence-electron chi connectivity index (χ3n) is 5.40. The molecule has 0 bridgehead atoms. The van der Waals surface area contributed by atoms with Gasteiger partial charge in [-0.05, 0) is 38.0 Å². The normalized spacial score (nSPS) is 34.7. The molecule has 0 aromatic rings. The summed E-state index contributed by atoms with van der Waals surface area (Å²) in [7, 11) is -2.88. The van der Waals surface area contributed by atoms with Gasteiger partial charge in [0.25, 0.3) is 0 Å². The van der Waals surface area contributed by atoms with Crippen molar-refractivity contribution in [1.82, 2.24) is 10.2 Å². The van der Waals surface area contributed by atoms with Gasteiger partial charge in [0.1, 0.15) is 9.84 Å². The zero-order chi connectivity index (χ0) is 15.0. The molecule has 1 N–H and O–H groups in total. The van der Waals surface area contributed by atoms with Crippen LogP contribution in [0.15, 0.2) is 0 Å². The third kappa shape index (κ3) is 2.97. The molecule has 0 spiro atoms. The number of carbonyl (C=O) groups excluding carboxylic acids is 1. The topological polar surface area (TPSA) is 66.5 Å². The molecule has 0 aromatic carbocycles. The van der Waals surface area contributed by atoms with Crippen LogP contribution >= 0.6 is 0 Å². The Labute approximate surface area is 127 Å². The van der Waals surface area contributed by atoms with Gasteiger partial charge in [0.2, 0.25) is 5.91 Å². The Morgan fingerprint density at radius 2 is 1.76 bits per heavy atom. The molecule has 2 atom stereocenters. The van der Waals surface area contributed by atoms with Crippen LogP contribution in [0.4, 0.5) is 0 Å². The first-order chi connectivity index (χ1) is 10.0. The van der Waals surface area contributed by atoms with Gasteiger partial charge in [0.15, 0.2) is 0 Å². The molecular weight excluding hydrogens is 288 g/mol. The summed E-state index contributed by atoms with van der Waals surface area (Å²) in [5.41, 5.74) is 0. The van der Waals surface area contributed by atoms with Crippen molar-refractivity contribution in [2.24, 2.45) is 5.92 Å². The number of nitrogens with zero attached hydrogens (tertiary/aromatic N) is 1. The van der Waals surface area contributed by atoms with Gasteiger partial charge in [-0.2, -0.15) is 0 Å². The van der Waals surface area contributed by atoms with E-state index in [2.05, 4.69) is 5.32 Å². The van der Waals surface area contributed by atoms with Gasteiger partial charge in [-0.3, -0.25) is 10.1 Å². The van der Waals surface area contributed by atoms with Gasteiger partial charge in [0.05, 0.1) is 23.7 Å². The van der Waals surface area contributed by atoms with Crippen molar-refractivity contribution < 1.29 is 13.2 Å². The highest BCUT2D eigenvalue weighted by Gasteiger charge is 2.46.